The first-order valence-corrected chi connectivity index (χ1v) is 7.77. The zero-order valence-electron chi connectivity index (χ0n) is 11.9. The van der Waals surface area contributed by atoms with Gasteiger partial charge in [-0.25, -0.2) is 12.7 Å². The quantitative estimate of drug-likeness (QED) is 0.656. The van der Waals surface area contributed by atoms with E-state index in [0.29, 0.717) is 0 Å². The molecule has 20 heavy (non-hydrogen) atoms. The molecule has 0 amide bonds. The van der Waals surface area contributed by atoms with Gasteiger partial charge in [-0.1, -0.05) is 12.1 Å². The summed E-state index contributed by atoms with van der Waals surface area (Å²) in [6, 6.07) is 6.05. The molecule has 0 spiro atoms. The van der Waals surface area contributed by atoms with Gasteiger partial charge in [0.2, 0.25) is 10.0 Å². The third-order valence-corrected chi connectivity index (χ3v) is 4.91. The number of hydrogen-bond acceptors (Lipinski definition) is 5. The van der Waals surface area contributed by atoms with Crippen LogP contribution >= 0.6 is 0 Å². The second-order valence-electron chi connectivity index (χ2n) is 4.81. The van der Waals surface area contributed by atoms with Gasteiger partial charge in [-0.15, -0.1) is 0 Å². The number of hydrogen-bond donors (Lipinski definition) is 3. The predicted molar refractivity (Wildman–Crippen MR) is 76.8 cm³/mol. The lowest BCUT2D eigenvalue weighted by atomic mass is 10.1. The lowest BCUT2D eigenvalue weighted by Crippen LogP contribution is -2.37. The van der Waals surface area contributed by atoms with Gasteiger partial charge in [0.1, 0.15) is 0 Å². The van der Waals surface area contributed by atoms with Crippen LogP contribution < -0.4 is 5.32 Å². The molecule has 1 aromatic rings. The van der Waals surface area contributed by atoms with Gasteiger partial charge in [0.15, 0.2) is 0 Å². The van der Waals surface area contributed by atoms with Crippen LogP contribution in [0.15, 0.2) is 29.2 Å². The van der Waals surface area contributed by atoms with Crippen molar-refractivity contribution in [2.24, 2.45) is 0 Å². The second-order valence-corrected chi connectivity index (χ2v) is 6.96. The Kier molecular flexibility index (Phi) is 6.09. The zero-order valence-corrected chi connectivity index (χ0v) is 12.8. The Balaban J connectivity index is 2.86. The maximum absolute atomic E-state index is 11.9. The highest BCUT2D eigenvalue weighted by atomic mass is 32.2. The van der Waals surface area contributed by atoms with Crippen LogP contribution in [0.5, 0.6) is 0 Å². The monoisotopic (exact) mass is 302 g/mol. The number of sulfonamides is 1. The van der Waals surface area contributed by atoms with E-state index < -0.39 is 16.1 Å². The summed E-state index contributed by atoms with van der Waals surface area (Å²) < 4.78 is 25.0. The lowest BCUT2D eigenvalue weighted by molar-refractivity contribution is 0.163. The lowest BCUT2D eigenvalue weighted by Gasteiger charge is -2.20. The minimum Gasteiger partial charge on any atom is -0.395 e. The molecule has 0 saturated carbocycles. The molecule has 7 heteroatoms. The summed E-state index contributed by atoms with van der Waals surface area (Å²) in [7, 11) is -0.446. The van der Waals surface area contributed by atoms with Crippen molar-refractivity contribution in [1.82, 2.24) is 9.62 Å². The molecule has 1 rings (SSSR count). The summed E-state index contributed by atoms with van der Waals surface area (Å²) in [6.45, 7) is 1.57. The molecule has 3 N–H and O–H groups in total. The molecule has 1 unspecified atom stereocenters. The Bertz CT molecular complexity index is 510. The standard InChI is InChI=1S/C13H22N2O4S/c1-10(14-12(8-16)9-17)11-4-6-13(7-5-11)20(18,19)15(2)3/h4-7,10,12,14,16-17H,8-9H2,1-3H3. The van der Waals surface area contributed by atoms with E-state index in [4.69, 9.17) is 10.2 Å². The zero-order chi connectivity index (χ0) is 15.3. The number of nitrogens with one attached hydrogen (secondary N) is 1. The Morgan fingerprint density at radius 1 is 1.15 bits per heavy atom. The largest absolute Gasteiger partial charge is 0.395 e. The van der Waals surface area contributed by atoms with Crippen LogP contribution in [0, 0.1) is 0 Å². The molecule has 0 aliphatic carbocycles. The van der Waals surface area contributed by atoms with Crippen molar-refractivity contribution in [3.8, 4) is 0 Å². The maximum atomic E-state index is 11.9. The molecule has 114 valence electrons. The minimum atomic E-state index is -3.42. The first kappa shape index (κ1) is 17.1. The highest BCUT2D eigenvalue weighted by molar-refractivity contribution is 7.89. The summed E-state index contributed by atoms with van der Waals surface area (Å²) in [5, 5.41) is 21.1. The highest BCUT2D eigenvalue weighted by Gasteiger charge is 2.18. The first-order valence-electron chi connectivity index (χ1n) is 6.33. The number of aliphatic hydroxyl groups is 2. The fraction of sp³-hybridized carbons (Fsp3) is 0.538. The fourth-order valence-corrected chi connectivity index (χ4v) is 2.65. The molecule has 6 nitrogen and oxygen atoms in total. The average molecular weight is 302 g/mol. The van der Waals surface area contributed by atoms with Crippen LogP contribution in [0.25, 0.3) is 0 Å². The van der Waals surface area contributed by atoms with Crippen molar-refractivity contribution in [2.45, 2.75) is 23.9 Å². The van der Waals surface area contributed by atoms with Crippen molar-refractivity contribution in [1.29, 1.82) is 0 Å². The molecule has 0 heterocycles. The minimum absolute atomic E-state index is 0.101. The van der Waals surface area contributed by atoms with Crippen molar-refractivity contribution >= 4 is 10.0 Å². The number of benzene rings is 1. The third kappa shape index (κ3) is 4.00. The van der Waals surface area contributed by atoms with Gasteiger partial charge in [0.05, 0.1) is 24.2 Å². The van der Waals surface area contributed by atoms with Crippen LogP contribution in [0.4, 0.5) is 0 Å². The molecule has 1 aromatic carbocycles. The summed E-state index contributed by atoms with van der Waals surface area (Å²) in [5.74, 6) is 0. The molecule has 0 aromatic heterocycles. The molecule has 0 aliphatic heterocycles. The van der Waals surface area contributed by atoms with Crippen molar-refractivity contribution in [3.63, 3.8) is 0 Å². The van der Waals surface area contributed by atoms with E-state index in [1.165, 1.54) is 14.1 Å². The number of nitrogens with zero attached hydrogens (tertiary/aromatic N) is 1. The van der Waals surface area contributed by atoms with E-state index in [2.05, 4.69) is 5.32 Å². The van der Waals surface area contributed by atoms with Gasteiger partial charge >= 0.3 is 0 Å². The Labute approximate surface area is 120 Å². The molecular weight excluding hydrogens is 280 g/mol. The van der Waals surface area contributed by atoms with Crippen LogP contribution in [-0.4, -0.2) is 56.3 Å². The number of rotatable bonds is 7. The smallest absolute Gasteiger partial charge is 0.242 e. The number of aliphatic hydroxyl groups excluding tert-OH is 2. The van der Waals surface area contributed by atoms with Gasteiger partial charge in [0, 0.05) is 20.1 Å². The molecule has 1 atom stereocenters. The molecule has 0 saturated heterocycles. The summed E-state index contributed by atoms with van der Waals surface area (Å²) in [4.78, 5) is 0.235. The van der Waals surface area contributed by atoms with E-state index in [1.54, 1.807) is 24.3 Å². The molecular formula is C13H22N2O4S. The molecule has 0 fully saturated rings. The summed E-state index contributed by atoms with van der Waals surface area (Å²) >= 11 is 0. The average Bonchev–Trinajstić information content (AvgIpc) is 2.44. The van der Waals surface area contributed by atoms with Crippen LogP contribution in [0.1, 0.15) is 18.5 Å². The van der Waals surface area contributed by atoms with E-state index in [0.717, 1.165) is 9.87 Å². The van der Waals surface area contributed by atoms with Gasteiger partial charge < -0.3 is 15.5 Å². The van der Waals surface area contributed by atoms with Gasteiger partial charge in [0.25, 0.3) is 0 Å². The van der Waals surface area contributed by atoms with Crippen LogP contribution in [0.2, 0.25) is 0 Å². The Morgan fingerprint density at radius 2 is 1.65 bits per heavy atom. The fourth-order valence-electron chi connectivity index (χ4n) is 1.75. The van der Waals surface area contributed by atoms with E-state index in [-0.39, 0.29) is 24.2 Å². The highest BCUT2D eigenvalue weighted by Crippen LogP contribution is 2.18. The van der Waals surface area contributed by atoms with Crippen molar-refractivity contribution < 1.29 is 18.6 Å². The second kappa shape index (κ2) is 7.14. The Morgan fingerprint density at radius 3 is 2.05 bits per heavy atom. The maximum Gasteiger partial charge on any atom is 0.242 e. The Hall–Kier alpha value is -0.990. The first-order chi connectivity index (χ1) is 9.32. The van der Waals surface area contributed by atoms with E-state index in [9.17, 15) is 8.42 Å². The topological polar surface area (TPSA) is 89.9 Å². The van der Waals surface area contributed by atoms with Gasteiger partial charge in [-0.05, 0) is 24.6 Å². The van der Waals surface area contributed by atoms with E-state index >= 15 is 0 Å². The van der Waals surface area contributed by atoms with Gasteiger partial charge in [-0.3, -0.25) is 0 Å². The van der Waals surface area contributed by atoms with E-state index in [1.807, 2.05) is 6.92 Å². The van der Waals surface area contributed by atoms with Crippen LogP contribution in [-0.2, 0) is 10.0 Å². The van der Waals surface area contributed by atoms with Crippen molar-refractivity contribution in [2.75, 3.05) is 27.3 Å². The predicted octanol–water partition coefficient (Wildman–Crippen LogP) is -0.0593. The van der Waals surface area contributed by atoms with Gasteiger partial charge in [-0.2, -0.15) is 0 Å². The summed E-state index contributed by atoms with van der Waals surface area (Å²) in [5.41, 5.74) is 0.884. The third-order valence-electron chi connectivity index (χ3n) is 3.09. The van der Waals surface area contributed by atoms with Crippen LogP contribution in [0.3, 0.4) is 0 Å². The SMILES string of the molecule is CC(NC(CO)CO)c1ccc(S(=O)(=O)N(C)C)cc1. The summed E-state index contributed by atoms with van der Waals surface area (Å²) in [6.07, 6.45) is 0. The van der Waals surface area contributed by atoms with Crippen molar-refractivity contribution in [3.05, 3.63) is 29.8 Å². The molecule has 0 radical (unpaired) electrons. The normalized spacial score (nSPS) is 13.9. The molecule has 0 aliphatic rings. The molecule has 0 bridgehead atoms.